The first-order valence-electron chi connectivity index (χ1n) is 4.96. The van der Waals surface area contributed by atoms with Crippen LogP contribution in [0.1, 0.15) is 5.56 Å². The van der Waals surface area contributed by atoms with Crippen LogP contribution in [0, 0.1) is 6.92 Å². The van der Waals surface area contributed by atoms with Crippen LogP contribution in [0.3, 0.4) is 0 Å². The molecule has 15 heavy (non-hydrogen) atoms. The lowest BCUT2D eigenvalue weighted by Crippen LogP contribution is -1.73. The molecule has 0 aliphatic heterocycles. The van der Waals surface area contributed by atoms with E-state index in [1.807, 2.05) is 6.07 Å². The number of para-hydroxylation sites is 1. The van der Waals surface area contributed by atoms with E-state index in [9.17, 15) is 5.11 Å². The number of aromatic nitrogens is 1. The third kappa shape index (κ3) is 1.11. The molecule has 0 saturated carbocycles. The molecule has 1 heterocycles. The summed E-state index contributed by atoms with van der Waals surface area (Å²) in [5, 5.41) is 11.8. The van der Waals surface area contributed by atoms with Crippen LogP contribution >= 0.6 is 0 Å². The largest absolute Gasteiger partial charge is 0.508 e. The average Bonchev–Trinajstić information content (AvgIpc) is 2.57. The lowest BCUT2D eigenvalue weighted by atomic mass is 10.1. The average molecular weight is 197 g/mol. The molecule has 0 aliphatic carbocycles. The minimum atomic E-state index is 0.298. The van der Waals surface area contributed by atoms with Crippen molar-refractivity contribution in [3.63, 3.8) is 0 Å². The van der Waals surface area contributed by atoms with E-state index in [4.69, 9.17) is 0 Å². The summed E-state index contributed by atoms with van der Waals surface area (Å²) in [5.74, 6) is 0.298. The van der Waals surface area contributed by atoms with Gasteiger partial charge in [-0.2, -0.15) is 0 Å². The molecular weight excluding hydrogens is 186 g/mol. The molecule has 3 rings (SSSR count). The first kappa shape index (κ1) is 8.36. The van der Waals surface area contributed by atoms with Crippen molar-refractivity contribution in [1.82, 2.24) is 4.98 Å². The number of aromatic hydroxyl groups is 1. The maximum atomic E-state index is 9.40. The van der Waals surface area contributed by atoms with Gasteiger partial charge >= 0.3 is 0 Å². The highest BCUT2D eigenvalue weighted by atomic mass is 16.3. The number of aromatic amines is 1. The van der Waals surface area contributed by atoms with Crippen LogP contribution in [-0.2, 0) is 0 Å². The number of benzene rings is 2. The fourth-order valence-corrected chi connectivity index (χ4v) is 2.06. The minimum Gasteiger partial charge on any atom is -0.508 e. The molecule has 0 fully saturated rings. The standard InChI is InChI=1S/C13H11NO/c1-8-3-2-4-11-10-6-5-9(15)7-12(10)14-13(8)11/h2-7,14-15H,1H3. The van der Waals surface area contributed by atoms with Crippen LogP contribution in [-0.4, -0.2) is 10.1 Å². The van der Waals surface area contributed by atoms with E-state index >= 15 is 0 Å². The molecule has 74 valence electrons. The SMILES string of the molecule is Cc1cccc2c1[nH]c1cc(O)ccc12. The number of nitrogens with one attached hydrogen (secondary N) is 1. The Morgan fingerprint density at radius 3 is 2.80 bits per heavy atom. The van der Waals surface area contributed by atoms with Gasteiger partial charge in [0, 0.05) is 22.4 Å². The number of rotatable bonds is 0. The number of H-pyrrole nitrogens is 1. The van der Waals surface area contributed by atoms with Crippen molar-refractivity contribution in [3.05, 3.63) is 42.0 Å². The number of phenols is 1. The van der Waals surface area contributed by atoms with E-state index in [-0.39, 0.29) is 0 Å². The summed E-state index contributed by atoms with van der Waals surface area (Å²) < 4.78 is 0. The Balaban J connectivity index is 2.57. The van der Waals surface area contributed by atoms with Crippen LogP contribution in [0.25, 0.3) is 21.8 Å². The van der Waals surface area contributed by atoms with Crippen molar-refractivity contribution in [2.24, 2.45) is 0 Å². The zero-order chi connectivity index (χ0) is 10.4. The molecule has 0 radical (unpaired) electrons. The Labute approximate surface area is 87.2 Å². The van der Waals surface area contributed by atoms with E-state index < -0.39 is 0 Å². The summed E-state index contributed by atoms with van der Waals surface area (Å²) in [6.45, 7) is 2.08. The Bertz CT molecular complexity index is 652. The summed E-state index contributed by atoms with van der Waals surface area (Å²) in [5.41, 5.74) is 3.36. The summed E-state index contributed by atoms with van der Waals surface area (Å²) in [6, 6.07) is 11.7. The molecular formula is C13H11NO. The van der Waals surface area contributed by atoms with Gasteiger partial charge in [-0.1, -0.05) is 18.2 Å². The molecule has 0 amide bonds. The van der Waals surface area contributed by atoms with Crippen LogP contribution in [0.4, 0.5) is 0 Å². The van der Waals surface area contributed by atoms with Gasteiger partial charge in [-0.25, -0.2) is 0 Å². The molecule has 0 bridgehead atoms. The van der Waals surface area contributed by atoms with Gasteiger partial charge < -0.3 is 10.1 Å². The van der Waals surface area contributed by atoms with E-state index in [0.717, 1.165) is 16.4 Å². The monoisotopic (exact) mass is 197 g/mol. The normalized spacial score (nSPS) is 11.3. The van der Waals surface area contributed by atoms with Gasteiger partial charge in [-0.3, -0.25) is 0 Å². The first-order valence-corrected chi connectivity index (χ1v) is 4.96. The molecule has 2 aromatic carbocycles. The van der Waals surface area contributed by atoms with E-state index in [0.29, 0.717) is 5.75 Å². The van der Waals surface area contributed by atoms with Gasteiger partial charge in [0.05, 0.1) is 5.52 Å². The van der Waals surface area contributed by atoms with Gasteiger partial charge in [0.25, 0.3) is 0 Å². The maximum absolute atomic E-state index is 9.40. The van der Waals surface area contributed by atoms with Crippen molar-refractivity contribution >= 4 is 21.8 Å². The maximum Gasteiger partial charge on any atom is 0.117 e. The quantitative estimate of drug-likeness (QED) is 0.569. The van der Waals surface area contributed by atoms with Gasteiger partial charge in [0.1, 0.15) is 5.75 Å². The Morgan fingerprint density at radius 2 is 1.93 bits per heavy atom. The van der Waals surface area contributed by atoms with E-state index in [1.165, 1.54) is 10.9 Å². The van der Waals surface area contributed by atoms with E-state index in [2.05, 4.69) is 30.1 Å². The fourth-order valence-electron chi connectivity index (χ4n) is 2.06. The lowest BCUT2D eigenvalue weighted by Gasteiger charge is -1.93. The van der Waals surface area contributed by atoms with Crippen molar-refractivity contribution in [2.75, 3.05) is 0 Å². The molecule has 1 aromatic heterocycles. The van der Waals surface area contributed by atoms with Gasteiger partial charge in [-0.15, -0.1) is 0 Å². The molecule has 2 N–H and O–H groups in total. The van der Waals surface area contributed by atoms with Crippen molar-refractivity contribution in [3.8, 4) is 5.75 Å². The highest BCUT2D eigenvalue weighted by Gasteiger charge is 2.05. The number of fused-ring (bicyclic) bond motifs is 3. The highest BCUT2D eigenvalue weighted by molar-refractivity contribution is 6.08. The lowest BCUT2D eigenvalue weighted by molar-refractivity contribution is 0.476. The second-order valence-electron chi connectivity index (χ2n) is 3.85. The second kappa shape index (κ2) is 2.76. The summed E-state index contributed by atoms with van der Waals surface area (Å²) in [7, 11) is 0. The van der Waals surface area contributed by atoms with Crippen LogP contribution < -0.4 is 0 Å². The summed E-state index contributed by atoms with van der Waals surface area (Å²) >= 11 is 0. The van der Waals surface area contributed by atoms with Crippen LogP contribution in [0.5, 0.6) is 5.75 Å². The molecule has 0 unspecified atom stereocenters. The molecule has 0 atom stereocenters. The zero-order valence-corrected chi connectivity index (χ0v) is 8.41. The number of hydrogen-bond acceptors (Lipinski definition) is 1. The molecule has 2 nitrogen and oxygen atoms in total. The minimum absolute atomic E-state index is 0.298. The number of phenolic OH excluding ortho intramolecular Hbond substituents is 1. The molecule has 0 spiro atoms. The van der Waals surface area contributed by atoms with Crippen LogP contribution in [0.2, 0.25) is 0 Å². The fraction of sp³-hybridized carbons (Fsp3) is 0.0769. The van der Waals surface area contributed by atoms with E-state index in [1.54, 1.807) is 12.1 Å². The molecule has 0 aliphatic rings. The number of aryl methyl sites for hydroxylation is 1. The molecule has 2 heteroatoms. The predicted molar refractivity (Wildman–Crippen MR) is 62.2 cm³/mol. The first-order chi connectivity index (χ1) is 7.25. The van der Waals surface area contributed by atoms with Gasteiger partial charge in [0.15, 0.2) is 0 Å². The third-order valence-corrected chi connectivity index (χ3v) is 2.83. The summed E-state index contributed by atoms with van der Waals surface area (Å²) in [6.07, 6.45) is 0. The Kier molecular flexibility index (Phi) is 1.54. The third-order valence-electron chi connectivity index (χ3n) is 2.83. The molecule has 3 aromatic rings. The topological polar surface area (TPSA) is 36.0 Å². The smallest absolute Gasteiger partial charge is 0.117 e. The molecule has 0 saturated heterocycles. The Hall–Kier alpha value is -1.96. The number of hydrogen-bond donors (Lipinski definition) is 2. The second-order valence-corrected chi connectivity index (χ2v) is 3.85. The Morgan fingerprint density at radius 1 is 1.07 bits per heavy atom. The van der Waals surface area contributed by atoms with Gasteiger partial charge in [-0.05, 0) is 24.6 Å². The van der Waals surface area contributed by atoms with Crippen LogP contribution in [0.15, 0.2) is 36.4 Å². The highest BCUT2D eigenvalue weighted by Crippen LogP contribution is 2.29. The van der Waals surface area contributed by atoms with Crippen molar-refractivity contribution < 1.29 is 5.11 Å². The van der Waals surface area contributed by atoms with Crippen molar-refractivity contribution in [1.29, 1.82) is 0 Å². The summed E-state index contributed by atoms with van der Waals surface area (Å²) in [4.78, 5) is 3.33. The van der Waals surface area contributed by atoms with Gasteiger partial charge in [0.2, 0.25) is 0 Å². The zero-order valence-electron chi connectivity index (χ0n) is 8.41. The van der Waals surface area contributed by atoms with Crippen molar-refractivity contribution in [2.45, 2.75) is 6.92 Å². The predicted octanol–water partition coefficient (Wildman–Crippen LogP) is 3.34.